The topological polar surface area (TPSA) is 51.0 Å². The first-order valence-electron chi connectivity index (χ1n) is 6.36. The first-order valence-corrected chi connectivity index (χ1v) is 8.12. The molecule has 0 saturated carbocycles. The Morgan fingerprint density at radius 3 is 2.95 bits per heavy atom. The zero-order valence-corrected chi connectivity index (χ0v) is 13.3. The molecule has 0 aliphatic rings. The average Bonchev–Trinajstić information content (AvgIpc) is 3.18. The summed E-state index contributed by atoms with van der Waals surface area (Å²) in [5.41, 5.74) is 0.486. The van der Waals surface area contributed by atoms with E-state index < -0.39 is 0 Å². The van der Waals surface area contributed by atoms with E-state index in [9.17, 15) is 4.79 Å². The van der Waals surface area contributed by atoms with Gasteiger partial charge in [0.05, 0.1) is 11.4 Å². The maximum atomic E-state index is 12.4. The minimum atomic E-state index is -0.0861. The molecule has 0 atom stereocenters. The third kappa shape index (κ3) is 2.88. The average molecular weight is 318 g/mol. The van der Waals surface area contributed by atoms with Crippen LogP contribution in [0.25, 0.3) is 9.88 Å². The molecule has 0 aliphatic carbocycles. The van der Waals surface area contributed by atoms with E-state index >= 15 is 0 Å². The number of amides is 1. The summed E-state index contributed by atoms with van der Waals surface area (Å²) < 4.78 is 1.90. The maximum absolute atomic E-state index is 12.4. The predicted octanol–water partition coefficient (Wildman–Crippen LogP) is 2.88. The van der Waals surface area contributed by atoms with Crippen molar-refractivity contribution in [3.63, 3.8) is 0 Å². The number of hydrogen-bond acceptors (Lipinski definition) is 5. The smallest absolute Gasteiger partial charge is 0.273 e. The van der Waals surface area contributed by atoms with Gasteiger partial charge in [-0.1, -0.05) is 6.07 Å². The molecule has 108 valence electrons. The summed E-state index contributed by atoms with van der Waals surface area (Å²) in [6.07, 6.45) is 3.59. The Hall–Kier alpha value is -1.99. The number of aryl methyl sites for hydroxylation is 1. The quantitative estimate of drug-likeness (QED) is 0.743. The standard InChI is InChI=1S/C14H14N4OS2/c1-17-6-5-15-12(17)8-18(2)14(19)10-9-21-13(16-10)11-4-3-7-20-11/h3-7,9H,8H2,1-2H3. The molecule has 0 radical (unpaired) electrons. The predicted molar refractivity (Wildman–Crippen MR) is 84.4 cm³/mol. The number of hydrogen-bond donors (Lipinski definition) is 0. The van der Waals surface area contributed by atoms with Gasteiger partial charge in [-0.2, -0.15) is 0 Å². The van der Waals surface area contributed by atoms with Crippen LogP contribution in [0, 0.1) is 0 Å². The molecule has 0 aromatic carbocycles. The number of nitrogens with zero attached hydrogens (tertiary/aromatic N) is 4. The van der Waals surface area contributed by atoms with Crippen LogP contribution in [0.1, 0.15) is 16.3 Å². The third-order valence-corrected chi connectivity index (χ3v) is 4.98. The molecule has 3 aromatic rings. The van der Waals surface area contributed by atoms with Gasteiger partial charge in [-0.15, -0.1) is 22.7 Å². The van der Waals surface area contributed by atoms with E-state index in [0.717, 1.165) is 15.7 Å². The number of aromatic nitrogens is 3. The Labute approximate surface area is 130 Å². The molecule has 0 fully saturated rings. The largest absolute Gasteiger partial charge is 0.337 e. The molecule has 0 spiro atoms. The van der Waals surface area contributed by atoms with Crippen molar-refractivity contribution in [3.8, 4) is 9.88 Å². The van der Waals surface area contributed by atoms with Crippen LogP contribution in [0.2, 0.25) is 0 Å². The summed E-state index contributed by atoms with van der Waals surface area (Å²) in [5, 5.41) is 4.70. The van der Waals surface area contributed by atoms with Crippen LogP contribution in [0.3, 0.4) is 0 Å². The minimum Gasteiger partial charge on any atom is -0.337 e. The molecule has 0 N–H and O–H groups in total. The van der Waals surface area contributed by atoms with Gasteiger partial charge >= 0.3 is 0 Å². The highest BCUT2D eigenvalue weighted by Gasteiger charge is 2.17. The number of thiazole rings is 1. The minimum absolute atomic E-state index is 0.0861. The number of carbonyl (C=O) groups excluding carboxylic acids is 1. The fraction of sp³-hybridized carbons (Fsp3) is 0.214. The van der Waals surface area contributed by atoms with Crippen LogP contribution in [-0.4, -0.2) is 32.4 Å². The Morgan fingerprint density at radius 2 is 2.29 bits per heavy atom. The fourth-order valence-electron chi connectivity index (χ4n) is 1.91. The van der Waals surface area contributed by atoms with Gasteiger partial charge in [-0.3, -0.25) is 4.79 Å². The lowest BCUT2D eigenvalue weighted by molar-refractivity contribution is 0.0775. The molecule has 0 bridgehead atoms. The second-order valence-corrected chi connectivity index (χ2v) is 6.44. The van der Waals surface area contributed by atoms with E-state index in [2.05, 4.69) is 9.97 Å². The molecule has 5 nitrogen and oxygen atoms in total. The number of carbonyl (C=O) groups is 1. The van der Waals surface area contributed by atoms with Crippen molar-refractivity contribution in [3.05, 3.63) is 46.8 Å². The lowest BCUT2D eigenvalue weighted by Gasteiger charge is -2.15. The van der Waals surface area contributed by atoms with E-state index in [-0.39, 0.29) is 5.91 Å². The molecule has 21 heavy (non-hydrogen) atoms. The van der Waals surface area contributed by atoms with E-state index in [1.165, 1.54) is 11.3 Å². The first-order chi connectivity index (χ1) is 10.1. The van der Waals surface area contributed by atoms with Gasteiger partial charge < -0.3 is 9.47 Å². The van der Waals surface area contributed by atoms with Gasteiger partial charge in [0.1, 0.15) is 16.5 Å². The molecular weight excluding hydrogens is 304 g/mol. The molecule has 3 rings (SSSR count). The fourth-order valence-corrected chi connectivity index (χ4v) is 3.52. The van der Waals surface area contributed by atoms with Crippen molar-refractivity contribution in [2.75, 3.05) is 7.05 Å². The van der Waals surface area contributed by atoms with Gasteiger partial charge in [-0.25, -0.2) is 9.97 Å². The van der Waals surface area contributed by atoms with E-state index in [4.69, 9.17) is 0 Å². The summed E-state index contributed by atoms with van der Waals surface area (Å²) in [5.74, 6) is 0.761. The van der Waals surface area contributed by atoms with Crippen LogP contribution in [0.5, 0.6) is 0 Å². The molecule has 1 amide bonds. The van der Waals surface area contributed by atoms with Gasteiger partial charge in [0.15, 0.2) is 0 Å². The monoisotopic (exact) mass is 318 g/mol. The Bertz CT molecular complexity index is 745. The highest BCUT2D eigenvalue weighted by Crippen LogP contribution is 2.28. The Morgan fingerprint density at radius 1 is 1.43 bits per heavy atom. The molecule has 0 saturated heterocycles. The molecule has 0 unspecified atom stereocenters. The normalized spacial score (nSPS) is 10.8. The van der Waals surface area contributed by atoms with Crippen LogP contribution in [0.4, 0.5) is 0 Å². The molecule has 7 heteroatoms. The van der Waals surface area contributed by atoms with Crippen molar-refractivity contribution in [1.82, 2.24) is 19.4 Å². The lowest BCUT2D eigenvalue weighted by atomic mass is 10.4. The van der Waals surface area contributed by atoms with E-state index in [1.807, 2.05) is 40.7 Å². The Kier molecular flexibility index (Phi) is 3.85. The summed E-state index contributed by atoms with van der Waals surface area (Å²) in [7, 11) is 3.68. The zero-order chi connectivity index (χ0) is 14.8. The van der Waals surface area contributed by atoms with Gasteiger partial charge in [0.2, 0.25) is 0 Å². The van der Waals surface area contributed by atoms with Gasteiger partial charge in [0.25, 0.3) is 5.91 Å². The Balaban J connectivity index is 1.74. The first kappa shape index (κ1) is 14.0. The van der Waals surface area contributed by atoms with Crippen molar-refractivity contribution >= 4 is 28.6 Å². The van der Waals surface area contributed by atoms with Crippen molar-refractivity contribution in [1.29, 1.82) is 0 Å². The van der Waals surface area contributed by atoms with Crippen LogP contribution in [0.15, 0.2) is 35.3 Å². The lowest BCUT2D eigenvalue weighted by Crippen LogP contribution is -2.27. The SMILES string of the molecule is CN(Cc1nccn1C)C(=O)c1csc(-c2cccs2)n1. The number of rotatable bonds is 4. The van der Waals surface area contributed by atoms with E-state index in [0.29, 0.717) is 12.2 Å². The second kappa shape index (κ2) is 5.79. The molecule has 3 aromatic heterocycles. The third-order valence-electron chi connectivity index (χ3n) is 3.10. The van der Waals surface area contributed by atoms with E-state index in [1.54, 1.807) is 29.5 Å². The van der Waals surface area contributed by atoms with Gasteiger partial charge in [-0.05, 0) is 11.4 Å². The number of imidazole rings is 1. The summed E-state index contributed by atoms with van der Waals surface area (Å²) in [4.78, 5) is 23.8. The molecule has 3 heterocycles. The summed E-state index contributed by atoms with van der Waals surface area (Å²) in [6, 6.07) is 3.99. The second-order valence-electron chi connectivity index (χ2n) is 4.63. The number of thiophene rings is 1. The maximum Gasteiger partial charge on any atom is 0.273 e. The van der Waals surface area contributed by atoms with Crippen LogP contribution in [-0.2, 0) is 13.6 Å². The van der Waals surface area contributed by atoms with Crippen molar-refractivity contribution in [2.45, 2.75) is 6.54 Å². The van der Waals surface area contributed by atoms with Crippen LogP contribution < -0.4 is 0 Å². The highest BCUT2D eigenvalue weighted by molar-refractivity contribution is 7.20. The van der Waals surface area contributed by atoms with Gasteiger partial charge in [0, 0.05) is 31.9 Å². The van der Waals surface area contributed by atoms with Crippen molar-refractivity contribution in [2.24, 2.45) is 7.05 Å². The zero-order valence-electron chi connectivity index (χ0n) is 11.7. The van der Waals surface area contributed by atoms with Crippen LogP contribution >= 0.6 is 22.7 Å². The summed E-state index contributed by atoms with van der Waals surface area (Å²) >= 11 is 3.12. The molecular formula is C14H14N4OS2. The van der Waals surface area contributed by atoms with Crippen molar-refractivity contribution < 1.29 is 4.79 Å². The summed E-state index contributed by atoms with van der Waals surface area (Å²) in [6.45, 7) is 0.466. The highest BCUT2D eigenvalue weighted by atomic mass is 32.1. The molecule has 0 aliphatic heterocycles.